The molecule has 0 bridgehead atoms. The number of nitrogens with zero attached hydrogens (tertiary/aromatic N) is 3. The number of carbonyl (C=O) groups excluding carboxylic acids is 1. The number of alkyl halides is 6. The van der Waals surface area contributed by atoms with E-state index in [-0.39, 0.29) is 36.8 Å². The smallest absolute Gasteiger partial charge is 0.489 e. The fourth-order valence-corrected chi connectivity index (χ4v) is 3.26. The number of hydrogen-bond donors (Lipinski definition) is 0. The van der Waals surface area contributed by atoms with E-state index in [1.54, 1.807) is 6.92 Å². The van der Waals surface area contributed by atoms with Crippen molar-refractivity contribution in [1.82, 2.24) is 9.97 Å². The third kappa shape index (κ3) is 6.70. The monoisotopic (exact) mass is 479 g/mol. The maximum Gasteiger partial charge on any atom is 0.522 e. The van der Waals surface area contributed by atoms with Crippen LogP contribution < -0.4 is 9.64 Å². The average Bonchev–Trinajstić information content (AvgIpc) is 3.14. The highest BCUT2D eigenvalue weighted by Crippen LogP contribution is 2.32. The molecule has 13 heteroatoms. The molecule has 1 fully saturated rings. The van der Waals surface area contributed by atoms with E-state index < -0.39 is 42.8 Å². The summed E-state index contributed by atoms with van der Waals surface area (Å²) >= 11 is 0. The highest BCUT2D eigenvalue weighted by molar-refractivity contribution is 5.88. The molecule has 0 radical (unpaired) electrons. The molecule has 1 aromatic heterocycles. The molecular formula is C20H19F6N3O4. The summed E-state index contributed by atoms with van der Waals surface area (Å²) < 4.78 is 90.4. The minimum atomic E-state index is -4.85. The van der Waals surface area contributed by atoms with Gasteiger partial charge in [0, 0.05) is 18.8 Å². The van der Waals surface area contributed by atoms with Gasteiger partial charge in [0.2, 0.25) is 5.95 Å². The standard InChI is InChI=1S/C20H19F6N3O4/c1-2-31-17(30)12-8-27-18(28-9-12)29-10-16(7-14(29)11-32-20(24,25)26)33-15-5-3-13(4-6-15)19(21,22)23/h3-6,8-9,14,16H,2,7,10-11H2,1H3/t14-,16-/m0/s1. The zero-order valence-electron chi connectivity index (χ0n) is 17.2. The second-order valence-electron chi connectivity index (χ2n) is 7.05. The molecule has 0 saturated carbocycles. The summed E-state index contributed by atoms with van der Waals surface area (Å²) in [6.07, 6.45) is -7.59. The van der Waals surface area contributed by atoms with Crippen molar-refractivity contribution in [3.05, 3.63) is 47.8 Å². The highest BCUT2D eigenvalue weighted by atomic mass is 19.4. The van der Waals surface area contributed by atoms with Crippen molar-refractivity contribution in [1.29, 1.82) is 0 Å². The highest BCUT2D eigenvalue weighted by Gasteiger charge is 2.39. The molecule has 2 aromatic rings. The van der Waals surface area contributed by atoms with E-state index in [2.05, 4.69) is 14.7 Å². The molecule has 3 rings (SSSR count). The molecule has 33 heavy (non-hydrogen) atoms. The summed E-state index contributed by atoms with van der Waals surface area (Å²) in [5.74, 6) is -0.479. The van der Waals surface area contributed by atoms with Gasteiger partial charge in [-0.15, -0.1) is 13.2 Å². The molecule has 1 aliphatic rings. The summed E-state index contributed by atoms with van der Waals surface area (Å²) in [6.45, 7) is 1.08. The van der Waals surface area contributed by atoms with Crippen molar-refractivity contribution in [2.75, 3.05) is 24.7 Å². The van der Waals surface area contributed by atoms with E-state index in [1.807, 2.05) is 0 Å². The SMILES string of the molecule is CCOC(=O)c1cnc(N2C[C@@H](Oc3ccc(C(F)(F)F)cc3)C[C@H]2COC(F)(F)F)nc1. The first-order valence-corrected chi connectivity index (χ1v) is 9.76. The van der Waals surface area contributed by atoms with E-state index in [0.29, 0.717) is 0 Å². The first-order valence-electron chi connectivity index (χ1n) is 9.76. The Morgan fingerprint density at radius 3 is 2.27 bits per heavy atom. The number of aromatic nitrogens is 2. The number of halogens is 6. The number of carbonyl (C=O) groups is 1. The van der Waals surface area contributed by atoms with Gasteiger partial charge in [-0.2, -0.15) is 13.2 Å². The van der Waals surface area contributed by atoms with E-state index in [4.69, 9.17) is 9.47 Å². The molecule has 0 aliphatic carbocycles. The Hall–Kier alpha value is -3.09. The molecule has 180 valence electrons. The van der Waals surface area contributed by atoms with Crippen molar-refractivity contribution in [3.8, 4) is 5.75 Å². The van der Waals surface area contributed by atoms with Gasteiger partial charge in [-0.1, -0.05) is 0 Å². The van der Waals surface area contributed by atoms with Crippen LogP contribution >= 0.6 is 0 Å². The number of benzene rings is 1. The van der Waals surface area contributed by atoms with Gasteiger partial charge < -0.3 is 14.4 Å². The first-order chi connectivity index (χ1) is 15.5. The molecular weight excluding hydrogens is 460 g/mol. The van der Waals surface area contributed by atoms with Crippen LogP contribution in [0.2, 0.25) is 0 Å². The molecule has 1 aliphatic heterocycles. The second-order valence-corrected chi connectivity index (χ2v) is 7.05. The summed E-state index contributed by atoms with van der Waals surface area (Å²) in [5.41, 5.74) is -0.783. The van der Waals surface area contributed by atoms with Gasteiger partial charge in [-0.3, -0.25) is 4.74 Å². The molecule has 2 atom stereocenters. The predicted octanol–water partition coefficient (Wildman–Crippen LogP) is 4.23. The molecule has 7 nitrogen and oxygen atoms in total. The Labute approximate surface area is 184 Å². The van der Waals surface area contributed by atoms with Crippen molar-refractivity contribution in [2.45, 2.75) is 38.0 Å². The predicted molar refractivity (Wildman–Crippen MR) is 102 cm³/mol. The topological polar surface area (TPSA) is 73.8 Å². The van der Waals surface area contributed by atoms with Crippen LogP contribution in [-0.2, 0) is 15.7 Å². The fourth-order valence-electron chi connectivity index (χ4n) is 3.26. The third-order valence-corrected chi connectivity index (χ3v) is 4.71. The van der Waals surface area contributed by atoms with Crippen LogP contribution in [-0.4, -0.2) is 54.2 Å². The Morgan fingerprint density at radius 2 is 1.73 bits per heavy atom. The van der Waals surface area contributed by atoms with E-state index in [1.165, 1.54) is 17.3 Å². The van der Waals surface area contributed by atoms with E-state index in [0.717, 1.165) is 24.3 Å². The fraction of sp³-hybridized carbons (Fsp3) is 0.450. The summed E-state index contributed by atoms with van der Waals surface area (Å²) in [4.78, 5) is 21.2. The Bertz CT molecular complexity index is 935. The summed E-state index contributed by atoms with van der Waals surface area (Å²) in [7, 11) is 0. The summed E-state index contributed by atoms with van der Waals surface area (Å²) in [5, 5.41) is 0. The number of hydrogen-bond acceptors (Lipinski definition) is 7. The van der Waals surface area contributed by atoms with Gasteiger partial charge in [0.25, 0.3) is 0 Å². The zero-order valence-corrected chi connectivity index (χ0v) is 17.2. The normalized spacial score (nSPS) is 18.9. The summed E-state index contributed by atoms with van der Waals surface area (Å²) in [6, 6.07) is 3.14. The van der Waals surface area contributed by atoms with E-state index >= 15 is 0 Å². The molecule has 0 amide bonds. The lowest BCUT2D eigenvalue weighted by molar-refractivity contribution is -0.325. The van der Waals surface area contributed by atoms with Crippen molar-refractivity contribution < 1.29 is 45.3 Å². The van der Waals surface area contributed by atoms with Crippen LogP contribution in [0.1, 0.15) is 29.3 Å². The lowest BCUT2D eigenvalue weighted by Crippen LogP contribution is -2.36. The number of esters is 1. The van der Waals surface area contributed by atoms with Crippen LogP contribution in [0, 0.1) is 0 Å². The maximum atomic E-state index is 12.7. The van der Waals surface area contributed by atoms with Gasteiger partial charge in [-0.05, 0) is 31.2 Å². The second kappa shape index (κ2) is 9.81. The van der Waals surface area contributed by atoms with Crippen LogP contribution in [0.15, 0.2) is 36.7 Å². The number of ether oxygens (including phenoxy) is 3. The lowest BCUT2D eigenvalue weighted by Gasteiger charge is -2.24. The van der Waals surface area contributed by atoms with Crippen molar-refractivity contribution in [3.63, 3.8) is 0 Å². The Balaban J connectivity index is 1.74. The quantitative estimate of drug-likeness (QED) is 0.435. The molecule has 1 saturated heterocycles. The third-order valence-electron chi connectivity index (χ3n) is 4.71. The van der Waals surface area contributed by atoms with Crippen molar-refractivity contribution >= 4 is 11.9 Å². The first kappa shape index (κ1) is 24.6. The number of rotatable bonds is 7. The molecule has 1 aromatic carbocycles. The minimum Gasteiger partial charge on any atom is -0.489 e. The van der Waals surface area contributed by atoms with Gasteiger partial charge in [0.1, 0.15) is 11.9 Å². The van der Waals surface area contributed by atoms with Crippen LogP contribution in [0.5, 0.6) is 5.75 Å². The zero-order chi connectivity index (χ0) is 24.2. The largest absolute Gasteiger partial charge is 0.522 e. The van der Waals surface area contributed by atoms with Crippen LogP contribution in [0.25, 0.3) is 0 Å². The van der Waals surface area contributed by atoms with Crippen LogP contribution in [0.4, 0.5) is 32.3 Å². The van der Waals surface area contributed by atoms with Gasteiger partial charge in [0.15, 0.2) is 0 Å². The lowest BCUT2D eigenvalue weighted by atomic mass is 10.2. The van der Waals surface area contributed by atoms with E-state index in [9.17, 15) is 31.1 Å². The minimum absolute atomic E-state index is 0.0392. The molecule has 2 heterocycles. The van der Waals surface area contributed by atoms with Gasteiger partial charge >= 0.3 is 18.5 Å². The van der Waals surface area contributed by atoms with Gasteiger partial charge in [-0.25, -0.2) is 14.8 Å². The average molecular weight is 479 g/mol. The Kier molecular flexibility index (Phi) is 7.30. The molecule has 0 unspecified atom stereocenters. The van der Waals surface area contributed by atoms with Crippen LogP contribution in [0.3, 0.4) is 0 Å². The number of anilines is 1. The van der Waals surface area contributed by atoms with Gasteiger partial charge in [0.05, 0.1) is 36.9 Å². The molecule has 0 N–H and O–H groups in total. The maximum absolute atomic E-state index is 12.7. The Morgan fingerprint density at radius 1 is 1.09 bits per heavy atom. The van der Waals surface area contributed by atoms with Crippen molar-refractivity contribution in [2.24, 2.45) is 0 Å². The molecule has 0 spiro atoms.